The molecule has 148 valence electrons. The maximum Gasteiger partial charge on any atom is 0.143 e. The number of rotatable bonds is 3. The van der Waals surface area contributed by atoms with Crippen LogP contribution in [0.3, 0.4) is 0 Å². The van der Waals surface area contributed by atoms with E-state index in [1.54, 1.807) is 6.20 Å². The van der Waals surface area contributed by atoms with Gasteiger partial charge in [-0.25, -0.2) is 9.97 Å². The third kappa shape index (κ3) is 4.13. The first-order valence-electron chi connectivity index (χ1n) is 9.79. The molecule has 0 radical (unpaired) electrons. The van der Waals surface area contributed by atoms with Crippen molar-refractivity contribution in [3.05, 3.63) is 114 Å². The van der Waals surface area contributed by atoms with Gasteiger partial charge in [-0.1, -0.05) is 53.9 Å². The molecule has 0 saturated carbocycles. The van der Waals surface area contributed by atoms with E-state index < -0.39 is 0 Å². The van der Waals surface area contributed by atoms with Gasteiger partial charge < -0.3 is 5.32 Å². The van der Waals surface area contributed by atoms with Crippen LogP contribution in [0.2, 0.25) is 5.02 Å². The maximum absolute atomic E-state index is 6.26. The van der Waals surface area contributed by atoms with Gasteiger partial charge in [-0.3, -0.25) is 4.40 Å². The van der Waals surface area contributed by atoms with E-state index in [9.17, 15) is 0 Å². The number of benzene rings is 2. The number of aromatic nitrogens is 3. The predicted octanol–water partition coefficient (Wildman–Crippen LogP) is 6.19. The molecule has 0 saturated heterocycles. The van der Waals surface area contributed by atoms with Gasteiger partial charge in [0.2, 0.25) is 0 Å². The van der Waals surface area contributed by atoms with Crippen LogP contribution in [-0.4, -0.2) is 14.4 Å². The lowest BCUT2D eigenvalue weighted by atomic mass is 10.1. The normalized spacial score (nSPS) is 10.5. The van der Waals surface area contributed by atoms with Crippen LogP contribution < -0.4 is 5.32 Å². The first-order valence-corrected chi connectivity index (χ1v) is 10.2. The van der Waals surface area contributed by atoms with Crippen LogP contribution in [-0.2, 0) is 0 Å². The number of halogens is 1. The quantitative estimate of drug-likeness (QED) is 0.354. The molecule has 5 heteroatoms. The van der Waals surface area contributed by atoms with Crippen LogP contribution >= 0.6 is 11.6 Å². The topological polar surface area (TPSA) is 42.2 Å². The number of fused-ring (bicyclic) bond motifs is 1. The molecule has 3 aromatic heterocycles. The zero-order valence-electron chi connectivity index (χ0n) is 16.5. The van der Waals surface area contributed by atoms with E-state index in [1.807, 2.05) is 95.5 Å². The van der Waals surface area contributed by atoms with E-state index in [1.165, 1.54) is 0 Å². The number of para-hydroxylation sites is 1. The lowest BCUT2D eigenvalue weighted by molar-refractivity contribution is 1.18. The summed E-state index contributed by atoms with van der Waals surface area (Å²) in [6.45, 7) is 0. The number of nitrogens with one attached hydrogen (secondary N) is 1. The van der Waals surface area contributed by atoms with E-state index in [4.69, 9.17) is 16.6 Å². The van der Waals surface area contributed by atoms with Crippen molar-refractivity contribution in [1.82, 2.24) is 14.4 Å². The molecule has 31 heavy (non-hydrogen) atoms. The van der Waals surface area contributed by atoms with Crippen LogP contribution in [0.5, 0.6) is 0 Å². The molecule has 0 atom stereocenters. The molecule has 0 aliphatic rings. The molecular formula is C26H17ClN4. The van der Waals surface area contributed by atoms with Crippen LogP contribution in [0.4, 0.5) is 11.5 Å². The Kier molecular flexibility index (Phi) is 5.10. The van der Waals surface area contributed by atoms with Crippen LogP contribution in [0.25, 0.3) is 16.9 Å². The van der Waals surface area contributed by atoms with Crippen molar-refractivity contribution in [2.24, 2.45) is 0 Å². The average molecular weight is 421 g/mol. The summed E-state index contributed by atoms with van der Waals surface area (Å²) in [7, 11) is 0. The van der Waals surface area contributed by atoms with Crippen molar-refractivity contribution >= 4 is 28.8 Å². The Morgan fingerprint density at radius 3 is 2.39 bits per heavy atom. The van der Waals surface area contributed by atoms with Gasteiger partial charge in [-0.2, -0.15) is 0 Å². The number of hydrogen-bond acceptors (Lipinski definition) is 3. The first kappa shape index (κ1) is 18.9. The highest BCUT2D eigenvalue weighted by atomic mass is 35.5. The van der Waals surface area contributed by atoms with Crippen LogP contribution in [0.15, 0.2) is 97.3 Å². The Hall–Kier alpha value is -4.07. The van der Waals surface area contributed by atoms with Crippen molar-refractivity contribution in [1.29, 1.82) is 0 Å². The van der Waals surface area contributed by atoms with E-state index in [-0.39, 0.29) is 0 Å². The third-order valence-corrected chi connectivity index (χ3v) is 5.00. The molecule has 3 heterocycles. The first-order chi connectivity index (χ1) is 15.3. The molecule has 0 bridgehead atoms. The molecule has 0 amide bonds. The Labute approximate surface area is 185 Å². The van der Waals surface area contributed by atoms with E-state index in [0.717, 1.165) is 39.7 Å². The van der Waals surface area contributed by atoms with Gasteiger partial charge >= 0.3 is 0 Å². The Morgan fingerprint density at radius 2 is 1.61 bits per heavy atom. The molecule has 0 fully saturated rings. The molecule has 2 aromatic carbocycles. The molecule has 4 nitrogen and oxygen atoms in total. The summed E-state index contributed by atoms with van der Waals surface area (Å²) in [5, 5.41) is 4.13. The highest BCUT2D eigenvalue weighted by Gasteiger charge is 2.15. The molecular weight excluding hydrogens is 404 g/mol. The minimum absolute atomic E-state index is 0.646. The van der Waals surface area contributed by atoms with Crippen LogP contribution in [0.1, 0.15) is 11.3 Å². The van der Waals surface area contributed by atoms with Gasteiger partial charge in [0.1, 0.15) is 22.9 Å². The lowest BCUT2D eigenvalue weighted by Crippen LogP contribution is -1.96. The van der Waals surface area contributed by atoms with Gasteiger partial charge in [-0.05, 0) is 54.5 Å². The fraction of sp³-hybridized carbons (Fsp3) is 0. The smallest absolute Gasteiger partial charge is 0.143 e. The zero-order valence-corrected chi connectivity index (χ0v) is 17.2. The van der Waals surface area contributed by atoms with Crippen molar-refractivity contribution < 1.29 is 0 Å². The lowest BCUT2D eigenvalue weighted by Gasteiger charge is -2.09. The monoisotopic (exact) mass is 420 g/mol. The largest absolute Gasteiger partial charge is 0.339 e. The molecule has 1 N–H and O–H groups in total. The third-order valence-electron chi connectivity index (χ3n) is 4.78. The molecule has 0 unspecified atom stereocenters. The highest BCUT2D eigenvalue weighted by Crippen LogP contribution is 2.32. The van der Waals surface area contributed by atoms with Gasteiger partial charge in [-0.15, -0.1) is 0 Å². The fourth-order valence-electron chi connectivity index (χ4n) is 3.28. The van der Waals surface area contributed by atoms with E-state index in [0.29, 0.717) is 5.02 Å². The van der Waals surface area contributed by atoms with Gasteiger partial charge in [0.05, 0.1) is 5.02 Å². The second kappa shape index (κ2) is 8.35. The van der Waals surface area contributed by atoms with Crippen molar-refractivity contribution in [2.45, 2.75) is 0 Å². The van der Waals surface area contributed by atoms with Gasteiger partial charge in [0.25, 0.3) is 0 Å². The minimum atomic E-state index is 0.646. The van der Waals surface area contributed by atoms with E-state index >= 15 is 0 Å². The Balaban J connectivity index is 1.53. The number of hydrogen-bond donors (Lipinski definition) is 1. The molecule has 5 rings (SSSR count). The van der Waals surface area contributed by atoms with Gasteiger partial charge in [0, 0.05) is 29.2 Å². The number of nitrogens with zero attached hydrogens (tertiary/aromatic N) is 3. The van der Waals surface area contributed by atoms with Gasteiger partial charge in [0.15, 0.2) is 0 Å². The second-order valence-electron chi connectivity index (χ2n) is 6.92. The zero-order chi connectivity index (χ0) is 21.0. The molecule has 5 aromatic rings. The number of imidazole rings is 1. The summed E-state index contributed by atoms with van der Waals surface area (Å²) >= 11 is 6.26. The highest BCUT2D eigenvalue weighted by molar-refractivity contribution is 6.30. The van der Waals surface area contributed by atoms with E-state index in [2.05, 4.69) is 22.1 Å². The summed E-state index contributed by atoms with van der Waals surface area (Å²) in [5.41, 5.74) is 5.29. The SMILES string of the molecule is Clc1ccc2nc(-c3ccc(C#Cc4ccccn4)cc3)c(Nc3ccccc3)n2c1. The molecule has 0 aliphatic carbocycles. The standard InChI is InChI=1S/C26H17ClN4/c27-21-14-16-24-30-25(26(31(24)18-21)29-23-7-2-1-3-8-23)20-12-9-19(10-13-20)11-15-22-6-4-5-17-28-22/h1-10,12-14,16-18,29H. The van der Waals surface area contributed by atoms with Crippen molar-refractivity contribution in [2.75, 3.05) is 5.32 Å². The fourth-order valence-corrected chi connectivity index (χ4v) is 3.44. The predicted molar refractivity (Wildman–Crippen MR) is 126 cm³/mol. The summed E-state index contributed by atoms with van der Waals surface area (Å²) in [6, 6.07) is 27.5. The molecule has 0 spiro atoms. The molecule has 0 aliphatic heterocycles. The van der Waals surface area contributed by atoms with Crippen LogP contribution in [0, 0.1) is 11.8 Å². The number of pyridine rings is 2. The Bertz CT molecular complexity index is 1400. The Morgan fingerprint density at radius 1 is 0.806 bits per heavy atom. The summed E-state index contributed by atoms with van der Waals surface area (Å²) in [5.74, 6) is 7.10. The maximum atomic E-state index is 6.26. The summed E-state index contributed by atoms with van der Waals surface area (Å²) in [4.78, 5) is 9.08. The van der Waals surface area contributed by atoms with Crippen molar-refractivity contribution in [3.63, 3.8) is 0 Å². The average Bonchev–Trinajstić information content (AvgIpc) is 3.17. The van der Waals surface area contributed by atoms with Crippen molar-refractivity contribution in [3.8, 4) is 23.1 Å². The summed E-state index contributed by atoms with van der Waals surface area (Å²) < 4.78 is 1.97. The minimum Gasteiger partial charge on any atom is -0.339 e. The number of anilines is 2. The summed E-state index contributed by atoms with van der Waals surface area (Å²) in [6.07, 6.45) is 3.61. The second-order valence-corrected chi connectivity index (χ2v) is 7.35.